The van der Waals surface area contributed by atoms with Crippen molar-refractivity contribution in [3.63, 3.8) is 0 Å². The van der Waals surface area contributed by atoms with Crippen molar-refractivity contribution in [1.82, 2.24) is 20.7 Å². The lowest BCUT2D eigenvalue weighted by atomic mass is 10.0. The zero-order chi connectivity index (χ0) is 20.1. The number of carbonyl (C=O) groups excluding carboxylic acids is 1. The standard InChI is InChI=1S/C20H26ClFN4O2/c1-13(2)17-10-14(28-25-17)11-23-20(27)24-12-18(26-8-3-4-9-26)19-15(21)6-5-7-16(19)22/h5-7,10,13,18H,3-4,8-9,11-12H2,1-2H3,(H2,23,24,27). The minimum atomic E-state index is -0.352. The fourth-order valence-corrected chi connectivity index (χ4v) is 3.69. The van der Waals surface area contributed by atoms with Gasteiger partial charge in [0.1, 0.15) is 5.82 Å². The lowest BCUT2D eigenvalue weighted by Gasteiger charge is -2.29. The third kappa shape index (κ3) is 5.02. The SMILES string of the molecule is CC(C)c1cc(CNC(=O)NCC(c2c(F)cccc2Cl)N2CCCC2)on1. The van der Waals surface area contributed by atoms with Crippen LogP contribution < -0.4 is 10.6 Å². The minimum Gasteiger partial charge on any atom is -0.359 e. The number of rotatable bonds is 7. The average Bonchev–Trinajstić information content (AvgIpc) is 3.34. The summed E-state index contributed by atoms with van der Waals surface area (Å²) in [6.07, 6.45) is 2.11. The Morgan fingerprint density at radius 1 is 1.32 bits per heavy atom. The van der Waals surface area contributed by atoms with E-state index < -0.39 is 0 Å². The lowest BCUT2D eigenvalue weighted by Crippen LogP contribution is -2.41. The van der Waals surface area contributed by atoms with Gasteiger partial charge in [-0.05, 0) is 44.0 Å². The summed E-state index contributed by atoms with van der Waals surface area (Å²) in [6.45, 7) is 6.26. The van der Waals surface area contributed by atoms with Gasteiger partial charge in [0.2, 0.25) is 0 Å². The van der Waals surface area contributed by atoms with Crippen LogP contribution in [-0.2, 0) is 6.54 Å². The highest BCUT2D eigenvalue weighted by atomic mass is 35.5. The van der Waals surface area contributed by atoms with Crippen LogP contribution in [-0.4, -0.2) is 35.7 Å². The summed E-state index contributed by atoms with van der Waals surface area (Å²) < 4.78 is 19.7. The Hall–Kier alpha value is -2.12. The number of nitrogens with zero attached hydrogens (tertiary/aromatic N) is 2. The van der Waals surface area contributed by atoms with Crippen LogP contribution in [0.5, 0.6) is 0 Å². The molecule has 1 aliphatic heterocycles. The summed E-state index contributed by atoms with van der Waals surface area (Å²) in [5.41, 5.74) is 1.28. The van der Waals surface area contributed by atoms with E-state index in [9.17, 15) is 9.18 Å². The summed E-state index contributed by atoms with van der Waals surface area (Å²) in [7, 11) is 0. The van der Waals surface area contributed by atoms with Crippen LogP contribution in [0.1, 0.15) is 55.7 Å². The number of nitrogens with one attached hydrogen (secondary N) is 2. The highest BCUT2D eigenvalue weighted by Gasteiger charge is 2.28. The number of benzene rings is 1. The first-order valence-corrected chi connectivity index (χ1v) is 9.98. The molecular formula is C20H26ClFN4O2. The molecule has 1 atom stereocenters. The van der Waals surface area contributed by atoms with Gasteiger partial charge >= 0.3 is 6.03 Å². The normalized spacial score (nSPS) is 15.8. The molecule has 2 heterocycles. The Morgan fingerprint density at radius 3 is 2.71 bits per heavy atom. The second-order valence-electron chi connectivity index (χ2n) is 7.33. The molecule has 1 saturated heterocycles. The Bertz CT molecular complexity index is 785. The van der Waals surface area contributed by atoms with E-state index in [1.54, 1.807) is 12.1 Å². The van der Waals surface area contributed by atoms with Gasteiger partial charge in [0.15, 0.2) is 5.76 Å². The maximum atomic E-state index is 14.5. The molecule has 152 valence electrons. The quantitative estimate of drug-likeness (QED) is 0.719. The summed E-state index contributed by atoms with van der Waals surface area (Å²) in [5.74, 6) is 0.500. The predicted molar refractivity (Wildman–Crippen MR) is 106 cm³/mol. The largest absolute Gasteiger partial charge is 0.359 e. The van der Waals surface area contributed by atoms with Gasteiger partial charge in [0.25, 0.3) is 0 Å². The van der Waals surface area contributed by atoms with Crippen molar-refractivity contribution in [3.8, 4) is 0 Å². The zero-order valence-electron chi connectivity index (χ0n) is 16.2. The molecule has 6 nitrogen and oxygen atoms in total. The van der Waals surface area contributed by atoms with Gasteiger partial charge in [-0.15, -0.1) is 0 Å². The first kappa shape index (κ1) is 20.6. The molecule has 1 aliphatic rings. The smallest absolute Gasteiger partial charge is 0.315 e. The Labute approximate surface area is 169 Å². The molecule has 1 fully saturated rings. The van der Waals surface area contributed by atoms with Gasteiger partial charge < -0.3 is 15.2 Å². The molecule has 2 aromatic rings. The van der Waals surface area contributed by atoms with E-state index in [0.717, 1.165) is 31.6 Å². The average molecular weight is 409 g/mol. The Kier molecular flexibility index (Phi) is 6.91. The van der Waals surface area contributed by atoms with Crippen LogP contribution in [0.25, 0.3) is 0 Å². The molecular weight excluding hydrogens is 383 g/mol. The van der Waals surface area contributed by atoms with E-state index in [2.05, 4.69) is 20.7 Å². The number of carbonyl (C=O) groups is 1. The topological polar surface area (TPSA) is 70.4 Å². The van der Waals surface area contributed by atoms with Crippen molar-refractivity contribution >= 4 is 17.6 Å². The number of halogens is 2. The zero-order valence-corrected chi connectivity index (χ0v) is 16.9. The first-order chi connectivity index (χ1) is 13.5. The molecule has 1 aromatic heterocycles. The van der Waals surface area contributed by atoms with E-state index >= 15 is 0 Å². The van der Waals surface area contributed by atoms with Gasteiger partial charge in [0.05, 0.1) is 18.3 Å². The molecule has 0 aliphatic carbocycles. The predicted octanol–water partition coefficient (Wildman–Crippen LogP) is 4.23. The van der Waals surface area contributed by atoms with E-state index in [-0.39, 0.29) is 36.9 Å². The van der Waals surface area contributed by atoms with Gasteiger partial charge in [-0.25, -0.2) is 9.18 Å². The second kappa shape index (κ2) is 9.39. The van der Waals surface area contributed by atoms with Crippen LogP contribution in [0.2, 0.25) is 5.02 Å². The maximum Gasteiger partial charge on any atom is 0.315 e. The monoisotopic (exact) mass is 408 g/mol. The molecule has 0 spiro atoms. The molecule has 8 heteroatoms. The molecule has 1 unspecified atom stereocenters. The third-order valence-electron chi connectivity index (χ3n) is 4.96. The number of aromatic nitrogens is 1. The van der Waals surface area contributed by atoms with E-state index in [4.69, 9.17) is 16.1 Å². The van der Waals surface area contributed by atoms with Crippen molar-refractivity contribution in [2.24, 2.45) is 0 Å². The van der Waals surface area contributed by atoms with Crippen molar-refractivity contribution in [3.05, 3.63) is 52.1 Å². The van der Waals surface area contributed by atoms with Crippen molar-refractivity contribution in [2.45, 2.75) is 45.2 Å². The molecule has 28 heavy (non-hydrogen) atoms. The van der Waals surface area contributed by atoms with E-state index in [1.807, 2.05) is 19.9 Å². The Morgan fingerprint density at radius 2 is 2.07 bits per heavy atom. The third-order valence-corrected chi connectivity index (χ3v) is 5.29. The molecule has 0 radical (unpaired) electrons. The highest BCUT2D eigenvalue weighted by Crippen LogP contribution is 2.31. The summed E-state index contributed by atoms with van der Waals surface area (Å²) >= 11 is 6.27. The van der Waals surface area contributed by atoms with E-state index in [0.29, 0.717) is 16.3 Å². The van der Waals surface area contributed by atoms with Gasteiger partial charge in [-0.2, -0.15) is 0 Å². The van der Waals surface area contributed by atoms with Crippen LogP contribution in [0.4, 0.5) is 9.18 Å². The van der Waals surface area contributed by atoms with Crippen molar-refractivity contribution in [2.75, 3.05) is 19.6 Å². The number of amides is 2. The Balaban J connectivity index is 1.60. The van der Waals surface area contributed by atoms with Crippen molar-refractivity contribution < 1.29 is 13.7 Å². The molecule has 3 rings (SSSR count). The first-order valence-electron chi connectivity index (χ1n) is 9.61. The lowest BCUT2D eigenvalue weighted by molar-refractivity contribution is 0.217. The van der Waals surface area contributed by atoms with Gasteiger partial charge in [0, 0.05) is 23.2 Å². The van der Waals surface area contributed by atoms with E-state index in [1.165, 1.54) is 6.07 Å². The summed E-state index contributed by atoms with van der Waals surface area (Å²) in [6, 6.07) is 5.85. The maximum absolute atomic E-state index is 14.5. The summed E-state index contributed by atoms with van der Waals surface area (Å²) in [4.78, 5) is 14.4. The number of hydrogen-bond donors (Lipinski definition) is 2. The van der Waals surface area contributed by atoms with Crippen molar-refractivity contribution in [1.29, 1.82) is 0 Å². The fraction of sp³-hybridized carbons (Fsp3) is 0.500. The van der Waals surface area contributed by atoms with Crippen LogP contribution in [0.3, 0.4) is 0 Å². The molecule has 1 aromatic carbocycles. The second-order valence-corrected chi connectivity index (χ2v) is 7.74. The van der Waals surface area contributed by atoms with Gasteiger partial charge in [-0.3, -0.25) is 4.90 Å². The molecule has 0 saturated carbocycles. The minimum absolute atomic E-state index is 0.236. The fourth-order valence-electron chi connectivity index (χ4n) is 3.40. The van der Waals surface area contributed by atoms with Gasteiger partial charge in [-0.1, -0.05) is 36.7 Å². The number of urea groups is 1. The molecule has 2 amide bonds. The number of likely N-dealkylation sites (tertiary alicyclic amines) is 1. The number of hydrogen-bond acceptors (Lipinski definition) is 4. The molecule has 2 N–H and O–H groups in total. The van der Waals surface area contributed by atoms with Crippen LogP contribution in [0.15, 0.2) is 28.8 Å². The highest BCUT2D eigenvalue weighted by molar-refractivity contribution is 6.31. The molecule has 0 bridgehead atoms. The van der Waals surface area contributed by atoms with Crippen LogP contribution >= 0.6 is 11.6 Å². The summed E-state index contributed by atoms with van der Waals surface area (Å²) in [5, 5.41) is 9.93. The van der Waals surface area contributed by atoms with Crippen LogP contribution in [0, 0.1) is 5.82 Å².